The monoisotopic (exact) mass is 1060 g/mol. The molecular formula is C61H100O12S. The number of aliphatic hydroxyl groups excluding tert-OH is 3. The van der Waals surface area contributed by atoms with E-state index < -0.39 is 59.8 Å². The highest BCUT2D eigenvalue weighted by Crippen LogP contribution is 2.26. The van der Waals surface area contributed by atoms with Crippen molar-refractivity contribution >= 4 is 16.4 Å². The smallest absolute Gasteiger partial charge is 0.397 e. The first-order valence-corrected chi connectivity index (χ1v) is 29.7. The molecule has 1 fully saturated rings. The molecule has 4 N–H and O–H groups in total. The summed E-state index contributed by atoms with van der Waals surface area (Å²) in [6.07, 6.45) is 63.7. The SMILES string of the molecule is CC/C=C\C/C=C\C/C=C\C/C=C\C/C=C\C/C=C\CCCCCCC(=O)OC(COCCCCCCCCCCCCC/C=C\C/C=C\C/C=C\C/C=C\CC)COC1OC(CO)C(O)C(OS(=O)(=O)O)C1O. The van der Waals surface area contributed by atoms with Crippen LogP contribution in [0, 0.1) is 0 Å². The van der Waals surface area contributed by atoms with Crippen LogP contribution in [0.15, 0.2) is 122 Å². The molecule has 0 aromatic heterocycles. The molecule has 6 atom stereocenters. The fraction of sp³-hybridized carbons (Fsp3) is 0.656. The van der Waals surface area contributed by atoms with E-state index in [0.717, 1.165) is 116 Å². The Bertz CT molecular complexity index is 1740. The van der Waals surface area contributed by atoms with E-state index in [1.807, 2.05) is 0 Å². The van der Waals surface area contributed by atoms with Gasteiger partial charge in [0.25, 0.3) is 0 Å². The zero-order valence-electron chi connectivity index (χ0n) is 45.6. The molecule has 422 valence electrons. The number of carbonyl (C=O) groups is 1. The number of allylic oxidation sites excluding steroid dienone is 20. The number of rotatable bonds is 48. The second-order valence-electron chi connectivity index (χ2n) is 18.8. The lowest BCUT2D eigenvalue weighted by Crippen LogP contribution is -2.60. The van der Waals surface area contributed by atoms with Gasteiger partial charge in [-0.25, -0.2) is 4.18 Å². The van der Waals surface area contributed by atoms with Crippen molar-refractivity contribution in [2.24, 2.45) is 0 Å². The molecule has 74 heavy (non-hydrogen) atoms. The number of aliphatic hydroxyl groups is 3. The van der Waals surface area contributed by atoms with E-state index >= 15 is 0 Å². The molecule has 1 heterocycles. The minimum atomic E-state index is -5.08. The quantitative estimate of drug-likeness (QED) is 0.0196. The largest absolute Gasteiger partial charge is 0.457 e. The van der Waals surface area contributed by atoms with Gasteiger partial charge in [0.05, 0.1) is 19.8 Å². The molecule has 0 saturated carbocycles. The molecule has 1 rings (SSSR count). The van der Waals surface area contributed by atoms with Gasteiger partial charge < -0.3 is 34.3 Å². The lowest BCUT2D eigenvalue weighted by Gasteiger charge is -2.41. The van der Waals surface area contributed by atoms with E-state index in [0.29, 0.717) is 13.0 Å². The zero-order chi connectivity index (χ0) is 53.8. The molecule has 1 saturated heterocycles. The summed E-state index contributed by atoms with van der Waals surface area (Å²) >= 11 is 0. The second kappa shape index (κ2) is 50.3. The summed E-state index contributed by atoms with van der Waals surface area (Å²) < 4.78 is 59.4. The van der Waals surface area contributed by atoms with E-state index in [4.69, 9.17) is 18.9 Å². The van der Waals surface area contributed by atoms with E-state index in [1.165, 1.54) is 51.4 Å². The van der Waals surface area contributed by atoms with Crippen molar-refractivity contribution in [3.63, 3.8) is 0 Å². The Labute approximate surface area is 449 Å². The molecule has 0 amide bonds. The maximum absolute atomic E-state index is 13.0. The third-order valence-corrected chi connectivity index (χ3v) is 12.5. The van der Waals surface area contributed by atoms with Crippen LogP contribution in [-0.4, -0.2) is 97.5 Å². The van der Waals surface area contributed by atoms with E-state index in [1.54, 1.807) is 0 Å². The average Bonchev–Trinajstić information content (AvgIpc) is 3.38. The first-order valence-electron chi connectivity index (χ1n) is 28.3. The Morgan fingerprint density at radius 1 is 0.514 bits per heavy atom. The topological polar surface area (TPSA) is 178 Å². The number of esters is 1. The van der Waals surface area contributed by atoms with Crippen LogP contribution in [0.5, 0.6) is 0 Å². The fourth-order valence-corrected chi connectivity index (χ4v) is 8.41. The number of carbonyl (C=O) groups excluding carboxylic acids is 1. The van der Waals surface area contributed by atoms with Gasteiger partial charge in [-0.05, 0) is 103 Å². The van der Waals surface area contributed by atoms with Crippen molar-refractivity contribution in [2.75, 3.05) is 26.4 Å². The third-order valence-electron chi connectivity index (χ3n) is 12.1. The summed E-state index contributed by atoms with van der Waals surface area (Å²) in [5.41, 5.74) is 0. The number of hydrogen-bond acceptors (Lipinski definition) is 11. The maximum atomic E-state index is 13.0. The molecule has 0 aromatic rings. The summed E-state index contributed by atoms with van der Waals surface area (Å²) in [4.78, 5) is 13.0. The normalized spacial score (nSPS) is 19.7. The van der Waals surface area contributed by atoms with Crippen LogP contribution in [0.3, 0.4) is 0 Å². The first kappa shape index (κ1) is 68.5. The number of ether oxygens (including phenoxy) is 4. The van der Waals surface area contributed by atoms with Gasteiger partial charge in [-0.3, -0.25) is 9.35 Å². The molecule has 1 aliphatic heterocycles. The van der Waals surface area contributed by atoms with Crippen molar-refractivity contribution < 1.29 is 56.2 Å². The molecule has 12 nitrogen and oxygen atoms in total. The van der Waals surface area contributed by atoms with E-state index in [9.17, 15) is 33.1 Å². The Morgan fingerprint density at radius 3 is 1.30 bits per heavy atom. The first-order chi connectivity index (χ1) is 36.1. The molecule has 1 aliphatic rings. The van der Waals surface area contributed by atoms with Crippen LogP contribution >= 0.6 is 0 Å². The van der Waals surface area contributed by atoms with Crippen molar-refractivity contribution in [1.29, 1.82) is 0 Å². The molecule has 0 radical (unpaired) electrons. The predicted molar refractivity (Wildman–Crippen MR) is 303 cm³/mol. The van der Waals surface area contributed by atoms with Gasteiger partial charge >= 0.3 is 16.4 Å². The summed E-state index contributed by atoms with van der Waals surface area (Å²) in [7, 11) is -5.08. The minimum absolute atomic E-state index is 0.0148. The highest BCUT2D eigenvalue weighted by atomic mass is 32.3. The Morgan fingerprint density at radius 2 is 0.892 bits per heavy atom. The Hall–Kier alpha value is -3.50. The van der Waals surface area contributed by atoms with Crippen molar-refractivity contribution in [2.45, 2.75) is 230 Å². The number of hydrogen-bond donors (Lipinski definition) is 4. The zero-order valence-corrected chi connectivity index (χ0v) is 46.4. The van der Waals surface area contributed by atoms with Crippen LogP contribution in [0.1, 0.15) is 194 Å². The lowest BCUT2D eigenvalue weighted by molar-refractivity contribution is -0.301. The van der Waals surface area contributed by atoms with Crippen molar-refractivity contribution in [1.82, 2.24) is 0 Å². The third kappa shape index (κ3) is 42.7. The predicted octanol–water partition coefficient (Wildman–Crippen LogP) is 14.1. The van der Waals surface area contributed by atoms with Gasteiger partial charge in [0.2, 0.25) is 0 Å². The van der Waals surface area contributed by atoms with E-state index in [-0.39, 0.29) is 19.6 Å². The van der Waals surface area contributed by atoms with Crippen LogP contribution in [0.4, 0.5) is 0 Å². The van der Waals surface area contributed by atoms with Gasteiger partial charge in [0.15, 0.2) is 6.29 Å². The Balaban J connectivity index is 2.35. The highest BCUT2D eigenvalue weighted by Gasteiger charge is 2.48. The van der Waals surface area contributed by atoms with Gasteiger partial charge in [-0.2, -0.15) is 8.42 Å². The van der Waals surface area contributed by atoms with Crippen LogP contribution in [-0.2, 0) is 38.3 Å². The average molecular weight is 1060 g/mol. The van der Waals surface area contributed by atoms with Gasteiger partial charge in [-0.1, -0.05) is 206 Å². The molecular weight excluding hydrogens is 957 g/mol. The molecule has 0 aromatic carbocycles. The lowest BCUT2D eigenvalue weighted by atomic mass is 9.99. The van der Waals surface area contributed by atoms with Gasteiger partial charge in [-0.15, -0.1) is 0 Å². The Kier molecular flexibility index (Phi) is 46.6. The molecule has 0 aliphatic carbocycles. The van der Waals surface area contributed by atoms with Crippen LogP contribution in [0.2, 0.25) is 0 Å². The van der Waals surface area contributed by atoms with E-state index in [2.05, 4.69) is 140 Å². The summed E-state index contributed by atoms with van der Waals surface area (Å²) in [6, 6.07) is 0. The van der Waals surface area contributed by atoms with Crippen molar-refractivity contribution in [3.05, 3.63) is 122 Å². The molecule has 0 spiro atoms. The van der Waals surface area contributed by atoms with Crippen molar-refractivity contribution in [3.8, 4) is 0 Å². The van der Waals surface area contributed by atoms with Crippen LogP contribution in [0.25, 0.3) is 0 Å². The highest BCUT2D eigenvalue weighted by molar-refractivity contribution is 7.80. The fourth-order valence-electron chi connectivity index (χ4n) is 7.90. The van der Waals surface area contributed by atoms with Gasteiger partial charge in [0.1, 0.15) is 30.5 Å². The maximum Gasteiger partial charge on any atom is 0.397 e. The van der Waals surface area contributed by atoms with Gasteiger partial charge in [0, 0.05) is 13.0 Å². The number of unbranched alkanes of at least 4 members (excludes halogenated alkanes) is 15. The molecule has 6 unspecified atom stereocenters. The second-order valence-corrected chi connectivity index (χ2v) is 19.8. The standard InChI is InChI=1S/C61H100O12S/c1-3-5-7-9-11-13-15-17-19-21-23-25-27-29-31-33-35-37-39-41-43-45-47-49-51-69-53-55(54-70-61-59(65)60(73-74(66,67)68)58(64)56(52-62)72-61)71-57(63)50-48-46-44-42-40-38-36-34-32-30-28-26-24-22-20-18-16-14-12-10-8-6-4-2/h5-8,11-14,17-20,23-26,30,32,36,38,55-56,58-62,64-65H,3-4,9-10,15-16,21-22,27-29,31,33-35,37,39-54H2,1-2H3,(H,66,67,68)/b7-5-,8-6-,13-11-,14-12-,19-17-,20-18-,25-23-,26-24-,32-30-,38-36-. The summed E-state index contributed by atoms with van der Waals surface area (Å²) in [5, 5.41) is 30.8. The summed E-state index contributed by atoms with van der Waals surface area (Å²) in [5.74, 6) is -0.428. The van der Waals surface area contributed by atoms with Crippen LogP contribution < -0.4 is 0 Å². The molecule has 0 bridgehead atoms. The minimum Gasteiger partial charge on any atom is -0.457 e. The summed E-state index contributed by atoms with van der Waals surface area (Å²) in [6.45, 7) is 3.72. The molecule has 13 heteroatoms.